The summed E-state index contributed by atoms with van der Waals surface area (Å²) < 4.78 is 33.6. The van der Waals surface area contributed by atoms with Crippen molar-refractivity contribution in [3.8, 4) is 0 Å². The molecule has 2 aromatic rings. The predicted octanol–water partition coefficient (Wildman–Crippen LogP) is 4.05. The number of guanidine groups is 1. The lowest BCUT2D eigenvalue weighted by Crippen LogP contribution is -2.46. The van der Waals surface area contributed by atoms with Crippen LogP contribution >= 0.6 is 35.3 Å². The summed E-state index contributed by atoms with van der Waals surface area (Å²) in [5, 5.41) is 6.75. The summed E-state index contributed by atoms with van der Waals surface area (Å²) in [5.41, 5.74) is 0.172. The molecule has 0 amide bonds. The summed E-state index contributed by atoms with van der Waals surface area (Å²) in [6.07, 6.45) is 0.690. The van der Waals surface area contributed by atoms with Crippen LogP contribution in [0, 0.1) is 18.6 Å². The van der Waals surface area contributed by atoms with Crippen LogP contribution in [0.25, 0.3) is 0 Å². The molecule has 2 aliphatic rings. The lowest BCUT2D eigenvalue weighted by Gasteiger charge is -2.34. The maximum atomic E-state index is 14.1. The number of benzene rings is 1. The van der Waals surface area contributed by atoms with Gasteiger partial charge in [0.25, 0.3) is 0 Å². The highest BCUT2D eigenvalue weighted by atomic mass is 127. The molecule has 9 heteroatoms. The van der Waals surface area contributed by atoms with Gasteiger partial charge in [0.1, 0.15) is 11.6 Å². The highest BCUT2D eigenvalue weighted by Gasteiger charge is 2.42. The molecule has 3 atom stereocenters. The zero-order valence-electron chi connectivity index (χ0n) is 17.7. The van der Waals surface area contributed by atoms with E-state index in [9.17, 15) is 8.78 Å². The van der Waals surface area contributed by atoms with E-state index < -0.39 is 11.6 Å². The van der Waals surface area contributed by atoms with Crippen molar-refractivity contribution in [2.75, 3.05) is 39.9 Å². The quantitative estimate of drug-likeness (QED) is 0.317. The molecule has 170 valence electrons. The summed E-state index contributed by atoms with van der Waals surface area (Å²) in [4.78, 5) is 9.36. The van der Waals surface area contributed by atoms with Crippen molar-refractivity contribution in [3.05, 3.63) is 57.3 Å². The van der Waals surface area contributed by atoms with Crippen LogP contribution in [0.3, 0.4) is 0 Å². The second-order valence-electron chi connectivity index (χ2n) is 7.79. The van der Waals surface area contributed by atoms with Gasteiger partial charge in [-0.1, -0.05) is 6.07 Å². The van der Waals surface area contributed by atoms with Gasteiger partial charge in [0.15, 0.2) is 5.96 Å². The minimum Gasteiger partial charge on any atom is -0.379 e. The number of thiophene rings is 1. The van der Waals surface area contributed by atoms with Crippen LogP contribution in [0.5, 0.6) is 0 Å². The first-order valence-corrected chi connectivity index (χ1v) is 11.2. The third kappa shape index (κ3) is 5.94. The molecule has 2 fully saturated rings. The number of hydrogen-bond donors (Lipinski definition) is 2. The van der Waals surface area contributed by atoms with E-state index in [0.29, 0.717) is 18.9 Å². The monoisotopic (exact) mass is 562 g/mol. The first-order valence-electron chi connectivity index (χ1n) is 10.4. The number of aryl methyl sites for hydroxylation is 1. The molecule has 4 rings (SSSR count). The van der Waals surface area contributed by atoms with Crippen molar-refractivity contribution in [2.24, 2.45) is 4.99 Å². The molecule has 0 radical (unpaired) electrons. The Labute approximate surface area is 203 Å². The van der Waals surface area contributed by atoms with E-state index in [0.717, 1.165) is 26.3 Å². The third-order valence-electron chi connectivity index (χ3n) is 5.75. The van der Waals surface area contributed by atoms with E-state index in [1.165, 1.54) is 28.0 Å². The van der Waals surface area contributed by atoms with Crippen LogP contribution in [0.4, 0.5) is 8.78 Å². The fraction of sp³-hybridized carbons (Fsp3) is 0.500. The first-order chi connectivity index (χ1) is 14.6. The standard InChI is InChI=1S/C22H28F2N4OS.HI/c1-14-6-7-20(30-14)19(28-8-10-29-11-9-28)13-26-22(25-2)27-18-12-15(18)21-16(23)4-3-5-17(21)24;/h3-7,15,18-19H,8-13H2,1-2H3,(H2,25,26,27);1H. The third-order valence-corrected chi connectivity index (χ3v) is 6.85. The SMILES string of the molecule is CN=C(NCC(c1ccc(C)s1)N1CCOCC1)NC1CC1c1c(F)cccc1F.I. The molecule has 1 aromatic carbocycles. The minimum atomic E-state index is -0.479. The van der Waals surface area contributed by atoms with Crippen molar-refractivity contribution in [3.63, 3.8) is 0 Å². The molecule has 3 unspecified atom stereocenters. The fourth-order valence-electron chi connectivity index (χ4n) is 4.03. The largest absolute Gasteiger partial charge is 0.379 e. The average Bonchev–Trinajstić information content (AvgIpc) is 3.36. The van der Waals surface area contributed by atoms with Crippen molar-refractivity contribution in [1.29, 1.82) is 0 Å². The number of ether oxygens (including phenoxy) is 1. The highest BCUT2D eigenvalue weighted by Crippen LogP contribution is 2.43. The van der Waals surface area contributed by atoms with Gasteiger partial charge in [-0.3, -0.25) is 9.89 Å². The van der Waals surface area contributed by atoms with Gasteiger partial charge < -0.3 is 15.4 Å². The summed E-state index contributed by atoms with van der Waals surface area (Å²) in [6.45, 7) is 6.09. The molecular weight excluding hydrogens is 533 g/mol. The zero-order valence-corrected chi connectivity index (χ0v) is 20.9. The number of nitrogens with one attached hydrogen (secondary N) is 2. The van der Waals surface area contributed by atoms with E-state index in [1.54, 1.807) is 7.05 Å². The van der Waals surface area contributed by atoms with Crippen molar-refractivity contribution in [1.82, 2.24) is 15.5 Å². The number of hydrogen-bond acceptors (Lipinski definition) is 4. The Morgan fingerprint density at radius 2 is 1.94 bits per heavy atom. The molecule has 1 aliphatic heterocycles. The Morgan fingerprint density at radius 3 is 2.55 bits per heavy atom. The van der Waals surface area contributed by atoms with Gasteiger partial charge in [0, 0.05) is 54.0 Å². The van der Waals surface area contributed by atoms with Gasteiger partial charge in [0.2, 0.25) is 0 Å². The molecule has 31 heavy (non-hydrogen) atoms. The predicted molar refractivity (Wildman–Crippen MR) is 132 cm³/mol. The molecule has 5 nitrogen and oxygen atoms in total. The Kier molecular flexibility index (Phi) is 8.65. The van der Waals surface area contributed by atoms with Crippen LogP contribution in [0.15, 0.2) is 35.3 Å². The Morgan fingerprint density at radius 1 is 1.23 bits per heavy atom. The van der Waals surface area contributed by atoms with Gasteiger partial charge >= 0.3 is 0 Å². The van der Waals surface area contributed by atoms with Gasteiger partial charge in [0.05, 0.1) is 19.3 Å². The lowest BCUT2D eigenvalue weighted by molar-refractivity contribution is 0.0177. The van der Waals surface area contributed by atoms with E-state index in [1.807, 2.05) is 11.3 Å². The molecule has 0 spiro atoms. The molecule has 1 aliphatic carbocycles. The van der Waals surface area contributed by atoms with Gasteiger partial charge in [-0.05, 0) is 37.6 Å². The van der Waals surface area contributed by atoms with Crippen LogP contribution in [0.2, 0.25) is 0 Å². The maximum absolute atomic E-state index is 14.1. The van der Waals surface area contributed by atoms with E-state index >= 15 is 0 Å². The summed E-state index contributed by atoms with van der Waals surface area (Å²) >= 11 is 1.81. The summed E-state index contributed by atoms with van der Waals surface area (Å²) in [7, 11) is 1.72. The smallest absolute Gasteiger partial charge is 0.191 e. The van der Waals surface area contributed by atoms with E-state index in [-0.39, 0.29) is 47.5 Å². The maximum Gasteiger partial charge on any atom is 0.191 e. The number of nitrogens with zero attached hydrogens (tertiary/aromatic N) is 2. The topological polar surface area (TPSA) is 48.9 Å². The first kappa shape index (κ1) is 24.3. The zero-order chi connectivity index (χ0) is 21.1. The van der Waals surface area contributed by atoms with Crippen molar-refractivity contribution in [2.45, 2.75) is 31.3 Å². The molecule has 2 N–H and O–H groups in total. The molecule has 2 heterocycles. The number of rotatable bonds is 6. The lowest BCUT2D eigenvalue weighted by atomic mass is 10.1. The van der Waals surface area contributed by atoms with Crippen LogP contribution in [-0.4, -0.2) is 56.8 Å². The Hall–Kier alpha value is -1.30. The van der Waals surface area contributed by atoms with E-state index in [2.05, 4.69) is 39.6 Å². The van der Waals surface area contributed by atoms with Crippen LogP contribution in [0.1, 0.15) is 33.7 Å². The summed E-state index contributed by atoms with van der Waals surface area (Å²) in [6, 6.07) is 8.58. The Bertz CT molecular complexity index is 883. The minimum absolute atomic E-state index is 0. The number of halogens is 3. The normalized spacial score (nSPS) is 22.5. The van der Waals surface area contributed by atoms with Gasteiger partial charge in [-0.15, -0.1) is 35.3 Å². The Balaban J connectivity index is 0.00000272. The molecule has 1 aromatic heterocycles. The highest BCUT2D eigenvalue weighted by molar-refractivity contribution is 14.0. The molecular formula is C22H29F2IN4OS. The summed E-state index contributed by atoms with van der Waals surface area (Å²) in [5.74, 6) is -0.467. The number of morpholine rings is 1. The van der Waals surface area contributed by atoms with Gasteiger partial charge in [-0.2, -0.15) is 0 Å². The van der Waals surface area contributed by atoms with Crippen LogP contribution in [-0.2, 0) is 4.74 Å². The fourth-order valence-corrected chi connectivity index (χ4v) is 5.05. The van der Waals surface area contributed by atoms with Crippen LogP contribution < -0.4 is 10.6 Å². The second-order valence-corrected chi connectivity index (χ2v) is 9.11. The molecule has 0 bridgehead atoms. The van der Waals surface area contributed by atoms with Gasteiger partial charge in [-0.25, -0.2) is 8.78 Å². The average molecular weight is 562 g/mol. The number of aliphatic imine (C=N–C) groups is 1. The van der Waals surface area contributed by atoms with E-state index in [4.69, 9.17) is 4.74 Å². The van der Waals surface area contributed by atoms with Crippen molar-refractivity contribution >= 4 is 41.3 Å². The molecule has 1 saturated heterocycles. The molecule has 1 saturated carbocycles. The van der Waals surface area contributed by atoms with Crippen molar-refractivity contribution < 1.29 is 13.5 Å². The second kappa shape index (κ2) is 11.0.